The zero-order valence-electron chi connectivity index (χ0n) is 22.2. The first kappa shape index (κ1) is 24.0. The van der Waals surface area contributed by atoms with Crippen molar-refractivity contribution in [3.05, 3.63) is 53.1 Å². The molecule has 4 aliphatic carbocycles. The van der Waals surface area contributed by atoms with Gasteiger partial charge in [-0.05, 0) is 86.7 Å². The summed E-state index contributed by atoms with van der Waals surface area (Å²) >= 11 is 0. The number of hydrogen-bond acceptors (Lipinski definition) is 7. The minimum atomic E-state index is -1.07. The molecule has 7 atom stereocenters. The van der Waals surface area contributed by atoms with Gasteiger partial charge in [0.25, 0.3) is 0 Å². The van der Waals surface area contributed by atoms with Crippen LogP contribution in [0.25, 0.3) is 0 Å². The van der Waals surface area contributed by atoms with Gasteiger partial charge in [0.05, 0.1) is 22.7 Å². The van der Waals surface area contributed by atoms with Crippen LogP contribution in [0.4, 0.5) is 0 Å². The second-order valence-corrected chi connectivity index (χ2v) is 13.1. The number of aromatic hydroxyl groups is 2. The molecule has 2 aromatic rings. The summed E-state index contributed by atoms with van der Waals surface area (Å²) < 4.78 is 6.63. The smallest absolute Gasteiger partial charge is 0.226 e. The minimum absolute atomic E-state index is 0.0877. The molecule has 1 saturated heterocycles. The third kappa shape index (κ3) is 3.14. The molecule has 39 heavy (non-hydrogen) atoms. The second kappa shape index (κ2) is 7.68. The number of carbonyl (C=O) groups is 1. The summed E-state index contributed by atoms with van der Waals surface area (Å²) in [6, 6.07) is 10.4. The molecule has 0 aromatic heterocycles. The number of aliphatic hydroxyl groups is 2. The fraction of sp³-hybridized carbons (Fsp3) is 0.581. The van der Waals surface area contributed by atoms with Gasteiger partial charge in [-0.25, -0.2) is 0 Å². The number of β-amino-alcohol motifs (C(OH)–C–C–N with tert-alkyl or cyclic N) is 1. The number of piperidine rings is 1. The van der Waals surface area contributed by atoms with Gasteiger partial charge < -0.3 is 30.1 Å². The molecule has 8 rings (SSSR count). The van der Waals surface area contributed by atoms with Gasteiger partial charge in [-0.2, -0.15) is 0 Å². The fourth-order valence-electron chi connectivity index (χ4n) is 8.85. The Bertz CT molecular complexity index is 1370. The number of phenolic OH excluding ortho intramolecular Hbond substituents is 2. The number of ether oxygens (including phenoxy) is 1. The van der Waals surface area contributed by atoms with Crippen molar-refractivity contribution in [1.82, 2.24) is 9.80 Å². The monoisotopic (exact) mass is 532 g/mol. The summed E-state index contributed by atoms with van der Waals surface area (Å²) in [5, 5.41) is 43.9. The molecule has 3 unspecified atom stereocenters. The van der Waals surface area contributed by atoms with E-state index in [0.29, 0.717) is 38.0 Å². The zero-order valence-corrected chi connectivity index (χ0v) is 22.2. The van der Waals surface area contributed by atoms with Gasteiger partial charge in [0.2, 0.25) is 5.91 Å². The van der Waals surface area contributed by atoms with E-state index in [2.05, 4.69) is 4.90 Å². The molecule has 4 fully saturated rings. The van der Waals surface area contributed by atoms with E-state index in [9.17, 15) is 25.2 Å². The molecule has 8 nitrogen and oxygen atoms in total. The number of amides is 1. The molecule has 2 aliphatic heterocycles. The Morgan fingerprint density at radius 3 is 2.59 bits per heavy atom. The lowest BCUT2D eigenvalue weighted by Crippen LogP contribution is -2.78. The largest absolute Gasteiger partial charge is 0.508 e. The number of carbonyl (C=O) groups excluding carboxylic acids is 1. The van der Waals surface area contributed by atoms with Crippen LogP contribution in [-0.4, -0.2) is 85.7 Å². The standard InChI is InChI=1S/C31H36N2O6/c1-32(28(36)21-15-20(21)17-2-5-19(34)6-3-17)22-8-9-31(38)24-14-18-4-7-23(35)26-25(18)30(31,27(22)39-26)12-13-33(24)16-29(37)10-11-29/h2-7,20-22,24,27,34-35,37-38H,8-16H2,1H3/t20?,21?,22-,24?,27+,30+,31-/m1/s1. The molecule has 0 radical (unpaired) electrons. The van der Waals surface area contributed by atoms with E-state index in [1.807, 2.05) is 30.1 Å². The van der Waals surface area contributed by atoms with E-state index < -0.39 is 22.7 Å². The molecule has 2 aromatic carbocycles. The molecule has 2 bridgehead atoms. The molecule has 1 spiro atoms. The van der Waals surface area contributed by atoms with Crippen molar-refractivity contribution >= 4 is 5.91 Å². The van der Waals surface area contributed by atoms with E-state index in [1.165, 1.54) is 0 Å². The van der Waals surface area contributed by atoms with E-state index in [-0.39, 0.29) is 41.3 Å². The Morgan fingerprint density at radius 1 is 1.08 bits per heavy atom. The van der Waals surface area contributed by atoms with Crippen LogP contribution in [-0.2, 0) is 16.6 Å². The van der Waals surface area contributed by atoms with Crippen molar-refractivity contribution in [3.63, 3.8) is 0 Å². The normalized spacial score (nSPS) is 38.5. The number of rotatable bonds is 5. The van der Waals surface area contributed by atoms with Gasteiger partial charge >= 0.3 is 0 Å². The second-order valence-electron chi connectivity index (χ2n) is 13.1. The highest BCUT2D eigenvalue weighted by Crippen LogP contribution is 2.66. The quantitative estimate of drug-likeness (QED) is 0.468. The van der Waals surface area contributed by atoms with Crippen LogP contribution in [0.2, 0.25) is 0 Å². The average molecular weight is 533 g/mol. The third-order valence-corrected chi connectivity index (χ3v) is 11.1. The maximum atomic E-state index is 13.8. The lowest BCUT2D eigenvalue weighted by Gasteiger charge is -2.64. The summed E-state index contributed by atoms with van der Waals surface area (Å²) in [6.07, 6.45) is 4.41. The van der Waals surface area contributed by atoms with Gasteiger partial charge in [0.15, 0.2) is 11.5 Å². The highest BCUT2D eigenvalue weighted by atomic mass is 16.5. The fourth-order valence-corrected chi connectivity index (χ4v) is 8.85. The van der Waals surface area contributed by atoms with Gasteiger partial charge in [-0.3, -0.25) is 9.69 Å². The van der Waals surface area contributed by atoms with Crippen LogP contribution in [0.3, 0.4) is 0 Å². The van der Waals surface area contributed by atoms with Crippen molar-refractivity contribution in [1.29, 1.82) is 0 Å². The van der Waals surface area contributed by atoms with Crippen LogP contribution < -0.4 is 4.74 Å². The van der Waals surface area contributed by atoms with Crippen LogP contribution in [0.15, 0.2) is 36.4 Å². The molecule has 8 heteroatoms. The summed E-state index contributed by atoms with van der Waals surface area (Å²) in [5.74, 6) is 0.916. The highest BCUT2D eigenvalue weighted by Gasteiger charge is 2.74. The summed E-state index contributed by atoms with van der Waals surface area (Å²) in [6.45, 7) is 1.31. The van der Waals surface area contributed by atoms with Crippen molar-refractivity contribution < 1.29 is 30.0 Å². The van der Waals surface area contributed by atoms with Crippen LogP contribution >= 0.6 is 0 Å². The molecule has 6 aliphatic rings. The first-order valence-corrected chi connectivity index (χ1v) is 14.4. The molecule has 3 saturated carbocycles. The predicted molar refractivity (Wildman–Crippen MR) is 142 cm³/mol. The van der Waals surface area contributed by atoms with Gasteiger partial charge in [-0.1, -0.05) is 18.2 Å². The highest BCUT2D eigenvalue weighted by molar-refractivity contribution is 5.83. The SMILES string of the molecule is CN(C(=O)C1CC1c1ccc(O)cc1)[C@@H]1CC[C@@]2(O)C3Cc4ccc(O)c5c4[C@@]2(CCN3CC2(O)CC2)[C@H]1O5. The molecule has 206 valence electrons. The molecular formula is C31H36N2O6. The third-order valence-electron chi connectivity index (χ3n) is 11.1. The number of likely N-dealkylation sites (N-methyl/N-ethyl adjacent to an activating group) is 1. The summed E-state index contributed by atoms with van der Waals surface area (Å²) in [5.41, 5.74) is 0.678. The van der Waals surface area contributed by atoms with Crippen LogP contribution in [0.1, 0.15) is 61.1 Å². The lowest BCUT2D eigenvalue weighted by molar-refractivity contribution is -0.203. The number of nitrogens with zero attached hydrogens (tertiary/aromatic N) is 2. The Hall–Kier alpha value is -2.81. The summed E-state index contributed by atoms with van der Waals surface area (Å²) in [7, 11) is 1.87. The molecule has 4 N–H and O–H groups in total. The average Bonchev–Trinajstić information content (AvgIpc) is 3.82. The molecule has 2 heterocycles. The zero-order chi connectivity index (χ0) is 26.9. The van der Waals surface area contributed by atoms with Gasteiger partial charge in [0, 0.05) is 31.1 Å². The van der Waals surface area contributed by atoms with Crippen molar-refractivity contribution in [2.75, 3.05) is 20.1 Å². The topological polar surface area (TPSA) is 114 Å². The Labute approximate surface area is 227 Å². The van der Waals surface area contributed by atoms with Crippen LogP contribution in [0.5, 0.6) is 17.2 Å². The maximum Gasteiger partial charge on any atom is 0.226 e. The van der Waals surface area contributed by atoms with Gasteiger partial charge in [0.1, 0.15) is 11.9 Å². The maximum absolute atomic E-state index is 13.8. The minimum Gasteiger partial charge on any atom is -0.508 e. The number of benzene rings is 2. The Morgan fingerprint density at radius 2 is 1.85 bits per heavy atom. The van der Waals surface area contributed by atoms with Crippen molar-refractivity contribution in [2.24, 2.45) is 5.92 Å². The first-order chi connectivity index (χ1) is 18.7. The number of phenols is 2. The van der Waals surface area contributed by atoms with Crippen molar-refractivity contribution in [2.45, 2.75) is 85.7 Å². The number of likely N-dealkylation sites (tertiary alicyclic amines) is 1. The van der Waals surface area contributed by atoms with Crippen LogP contribution in [0, 0.1) is 5.92 Å². The summed E-state index contributed by atoms with van der Waals surface area (Å²) in [4.78, 5) is 17.9. The van der Waals surface area contributed by atoms with E-state index in [4.69, 9.17) is 4.74 Å². The Balaban J connectivity index is 1.13. The van der Waals surface area contributed by atoms with Gasteiger partial charge in [-0.15, -0.1) is 0 Å². The van der Waals surface area contributed by atoms with E-state index in [1.54, 1.807) is 18.2 Å². The van der Waals surface area contributed by atoms with Crippen molar-refractivity contribution in [3.8, 4) is 17.2 Å². The van der Waals surface area contributed by atoms with E-state index in [0.717, 1.165) is 42.5 Å². The van der Waals surface area contributed by atoms with E-state index >= 15 is 0 Å². The predicted octanol–water partition coefficient (Wildman–Crippen LogP) is 2.41. The number of hydrogen-bond donors (Lipinski definition) is 4. The lowest BCUT2D eigenvalue weighted by atomic mass is 9.48. The molecular weight excluding hydrogens is 496 g/mol. The Kier molecular flexibility index (Phi) is 4.73. The first-order valence-electron chi connectivity index (χ1n) is 14.4. The molecule has 1 amide bonds.